The second kappa shape index (κ2) is 5.60. The van der Waals surface area contributed by atoms with Gasteiger partial charge in [-0.25, -0.2) is 0 Å². The van der Waals surface area contributed by atoms with Crippen molar-refractivity contribution in [2.24, 2.45) is 0 Å². The lowest BCUT2D eigenvalue weighted by atomic mass is 10.2. The zero-order chi connectivity index (χ0) is 13.0. The minimum atomic E-state index is 0.129. The van der Waals surface area contributed by atoms with Crippen molar-refractivity contribution in [1.82, 2.24) is 5.32 Å². The summed E-state index contributed by atoms with van der Waals surface area (Å²) in [5.41, 5.74) is 0.992. The van der Waals surface area contributed by atoms with Crippen LogP contribution in [0.4, 0.5) is 0 Å². The van der Waals surface area contributed by atoms with Crippen molar-refractivity contribution in [1.29, 1.82) is 0 Å². The topological polar surface area (TPSA) is 54.6 Å². The van der Waals surface area contributed by atoms with Crippen molar-refractivity contribution < 1.29 is 14.3 Å². The van der Waals surface area contributed by atoms with E-state index in [-0.39, 0.29) is 11.8 Å². The van der Waals surface area contributed by atoms with Crippen LogP contribution < -0.4 is 10.1 Å². The van der Waals surface area contributed by atoms with E-state index in [9.17, 15) is 5.11 Å². The van der Waals surface area contributed by atoms with Gasteiger partial charge in [-0.2, -0.15) is 0 Å². The summed E-state index contributed by atoms with van der Waals surface area (Å²) < 4.78 is 10.3. The van der Waals surface area contributed by atoms with E-state index in [1.165, 1.54) is 7.11 Å². The Labute approximate surface area is 106 Å². The zero-order valence-electron chi connectivity index (χ0n) is 10.5. The molecule has 1 atom stereocenters. The Kier molecular flexibility index (Phi) is 3.89. The van der Waals surface area contributed by atoms with E-state index in [1.807, 2.05) is 25.1 Å². The molecule has 0 radical (unpaired) electrons. The van der Waals surface area contributed by atoms with Crippen LogP contribution in [0.5, 0.6) is 11.5 Å². The highest BCUT2D eigenvalue weighted by atomic mass is 16.5. The third kappa shape index (κ3) is 2.84. The number of rotatable bonds is 5. The molecule has 1 aromatic carbocycles. The van der Waals surface area contributed by atoms with Crippen LogP contribution in [0, 0.1) is 0 Å². The minimum Gasteiger partial charge on any atom is -0.504 e. The van der Waals surface area contributed by atoms with Crippen LogP contribution in [0.25, 0.3) is 0 Å². The summed E-state index contributed by atoms with van der Waals surface area (Å²) in [6, 6.07) is 9.30. The van der Waals surface area contributed by atoms with Gasteiger partial charge in [0.05, 0.1) is 19.4 Å². The Bertz CT molecular complexity index is 494. The second-order valence-corrected chi connectivity index (χ2v) is 4.12. The Morgan fingerprint density at radius 3 is 2.83 bits per heavy atom. The maximum atomic E-state index is 9.67. The Morgan fingerprint density at radius 2 is 2.22 bits per heavy atom. The summed E-state index contributed by atoms with van der Waals surface area (Å²) in [4.78, 5) is 0. The van der Waals surface area contributed by atoms with Gasteiger partial charge in [-0.05, 0) is 36.8 Å². The monoisotopic (exact) mass is 247 g/mol. The molecule has 2 rings (SSSR count). The normalized spacial score (nSPS) is 12.3. The molecule has 0 aliphatic rings. The van der Waals surface area contributed by atoms with Gasteiger partial charge >= 0.3 is 0 Å². The van der Waals surface area contributed by atoms with E-state index >= 15 is 0 Å². The predicted molar refractivity (Wildman–Crippen MR) is 68.6 cm³/mol. The van der Waals surface area contributed by atoms with Crippen molar-refractivity contribution in [3.63, 3.8) is 0 Å². The molecule has 0 fully saturated rings. The molecule has 4 heteroatoms. The molecule has 96 valence electrons. The molecule has 4 nitrogen and oxygen atoms in total. The highest BCUT2D eigenvalue weighted by Crippen LogP contribution is 2.26. The number of nitrogens with one attached hydrogen (secondary N) is 1. The molecule has 0 bridgehead atoms. The quantitative estimate of drug-likeness (QED) is 0.853. The van der Waals surface area contributed by atoms with Crippen LogP contribution in [0.2, 0.25) is 0 Å². The molecular formula is C14H17NO3. The standard InChI is InChI=1S/C14H17NO3/c1-10(13-4-3-7-18-13)15-9-11-5-6-14(17-2)12(16)8-11/h3-8,10,15-16H,9H2,1-2H3/t10-/m1/s1. The average molecular weight is 247 g/mol. The summed E-state index contributed by atoms with van der Waals surface area (Å²) in [6.07, 6.45) is 1.66. The van der Waals surface area contributed by atoms with Gasteiger partial charge in [0, 0.05) is 6.54 Å². The number of hydrogen-bond acceptors (Lipinski definition) is 4. The van der Waals surface area contributed by atoms with Crippen LogP contribution in [0.1, 0.15) is 24.3 Å². The molecule has 0 saturated heterocycles. The summed E-state index contributed by atoms with van der Waals surface area (Å²) in [5, 5.41) is 13.0. The van der Waals surface area contributed by atoms with E-state index in [0.29, 0.717) is 12.3 Å². The third-order valence-electron chi connectivity index (χ3n) is 2.83. The van der Waals surface area contributed by atoms with Crippen molar-refractivity contribution in [3.8, 4) is 11.5 Å². The number of benzene rings is 1. The summed E-state index contributed by atoms with van der Waals surface area (Å²) in [7, 11) is 1.53. The van der Waals surface area contributed by atoms with E-state index < -0.39 is 0 Å². The van der Waals surface area contributed by atoms with Gasteiger partial charge in [-0.15, -0.1) is 0 Å². The van der Waals surface area contributed by atoms with Gasteiger partial charge in [-0.1, -0.05) is 6.07 Å². The first-order chi connectivity index (χ1) is 8.70. The van der Waals surface area contributed by atoms with Crippen molar-refractivity contribution in [3.05, 3.63) is 47.9 Å². The molecular weight excluding hydrogens is 230 g/mol. The molecule has 0 aliphatic heterocycles. The van der Waals surface area contributed by atoms with Crippen LogP contribution in [-0.4, -0.2) is 12.2 Å². The molecule has 0 aliphatic carbocycles. The lowest BCUT2D eigenvalue weighted by Gasteiger charge is -2.12. The molecule has 0 unspecified atom stereocenters. The fraction of sp³-hybridized carbons (Fsp3) is 0.286. The largest absolute Gasteiger partial charge is 0.504 e. The molecule has 0 saturated carbocycles. The van der Waals surface area contributed by atoms with Gasteiger partial charge in [0.2, 0.25) is 0 Å². The van der Waals surface area contributed by atoms with E-state index in [2.05, 4.69) is 5.32 Å². The lowest BCUT2D eigenvalue weighted by molar-refractivity contribution is 0.372. The maximum absolute atomic E-state index is 9.67. The number of hydrogen-bond donors (Lipinski definition) is 2. The molecule has 2 aromatic rings. The number of methoxy groups -OCH3 is 1. The first-order valence-corrected chi connectivity index (χ1v) is 5.83. The minimum absolute atomic E-state index is 0.129. The van der Waals surface area contributed by atoms with E-state index in [0.717, 1.165) is 11.3 Å². The number of phenols is 1. The highest BCUT2D eigenvalue weighted by Gasteiger charge is 2.08. The SMILES string of the molecule is COc1ccc(CN[C@H](C)c2ccco2)cc1O. The van der Waals surface area contributed by atoms with Crippen molar-refractivity contribution in [2.45, 2.75) is 19.5 Å². The predicted octanol–water partition coefficient (Wildman–Crippen LogP) is 2.84. The van der Waals surface area contributed by atoms with Crippen LogP contribution >= 0.6 is 0 Å². The number of aromatic hydroxyl groups is 1. The summed E-state index contributed by atoms with van der Waals surface area (Å²) in [5.74, 6) is 1.54. The Morgan fingerprint density at radius 1 is 1.39 bits per heavy atom. The van der Waals surface area contributed by atoms with Gasteiger partial charge < -0.3 is 19.6 Å². The summed E-state index contributed by atoms with van der Waals surface area (Å²) in [6.45, 7) is 2.68. The first-order valence-electron chi connectivity index (χ1n) is 5.83. The molecule has 1 heterocycles. The fourth-order valence-electron chi connectivity index (χ4n) is 1.75. The first kappa shape index (κ1) is 12.5. The molecule has 18 heavy (non-hydrogen) atoms. The summed E-state index contributed by atoms with van der Waals surface area (Å²) >= 11 is 0. The van der Waals surface area contributed by atoms with Crippen molar-refractivity contribution in [2.75, 3.05) is 7.11 Å². The maximum Gasteiger partial charge on any atom is 0.160 e. The van der Waals surface area contributed by atoms with Crippen LogP contribution in [0.15, 0.2) is 41.0 Å². The number of furan rings is 1. The Hall–Kier alpha value is -1.94. The zero-order valence-corrected chi connectivity index (χ0v) is 10.5. The smallest absolute Gasteiger partial charge is 0.160 e. The fourth-order valence-corrected chi connectivity index (χ4v) is 1.75. The molecule has 1 aromatic heterocycles. The molecule has 0 spiro atoms. The number of ether oxygens (including phenoxy) is 1. The van der Waals surface area contributed by atoms with E-state index in [1.54, 1.807) is 18.4 Å². The third-order valence-corrected chi connectivity index (χ3v) is 2.83. The van der Waals surface area contributed by atoms with Gasteiger partial charge in [0.1, 0.15) is 5.76 Å². The van der Waals surface area contributed by atoms with Crippen LogP contribution in [0.3, 0.4) is 0 Å². The van der Waals surface area contributed by atoms with E-state index in [4.69, 9.17) is 9.15 Å². The molecule has 2 N–H and O–H groups in total. The van der Waals surface area contributed by atoms with Crippen molar-refractivity contribution >= 4 is 0 Å². The van der Waals surface area contributed by atoms with Gasteiger partial charge in [0.15, 0.2) is 11.5 Å². The van der Waals surface area contributed by atoms with Crippen LogP contribution in [-0.2, 0) is 6.54 Å². The number of phenolic OH excluding ortho intramolecular Hbond substituents is 1. The lowest BCUT2D eigenvalue weighted by Crippen LogP contribution is -2.17. The second-order valence-electron chi connectivity index (χ2n) is 4.12. The van der Waals surface area contributed by atoms with Gasteiger partial charge in [0.25, 0.3) is 0 Å². The highest BCUT2D eigenvalue weighted by molar-refractivity contribution is 5.41. The average Bonchev–Trinajstić information content (AvgIpc) is 2.90. The van der Waals surface area contributed by atoms with Gasteiger partial charge in [-0.3, -0.25) is 0 Å². The molecule has 0 amide bonds. The Balaban J connectivity index is 1.96.